The van der Waals surface area contributed by atoms with E-state index in [1.165, 1.54) is 0 Å². The van der Waals surface area contributed by atoms with Crippen LogP contribution in [0, 0.1) is 0 Å². The molecule has 5 nitrogen and oxygen atoms in total. The van der Waals surface area contributed by atoms with Gasteiger partial charge in [0.25, 0.3) is 0 Å². The van der Waals surface area contributed by atoms with E-state index in [0.29, 0.717) is 0 Å². The summed E-state index contributed by atoms with van der Waals surface area (Å²) in [5, 5.41) is 17.7. The highest BCUT2D eigenvalue weighted by Gasteiger charge is 2.21. The molecule has 0 aromatic rings. The zero-order valence-electron chi connectivity index (χ0n) is 8.15. The van der Waals surface area contributed by atoms with Gasteiger partial charge in [0.15, 0.2) is 0 Å². The third-order valence-corrected chi connectivity index (χ3v) is 1.19. The van der Waals surface area contributed by atoms with Gasteiger partial charge in [0.1, 0.15) is 17.9 Å². The number of hydrogen-bond acceptors (Lipinski definition) is 5. The summed E-state index contributed by atoms with van der Waals surface area (Å²) < 4.78 is 4.89. The van der Waals surface area contributed by atoms with Crippen LogP contribution in [0.15, 0.2) is 0 Å². The highest BCUT2D eigenvalue weighted by molar-refractivity contribution is 5.70. The highest BCUT2D eigenvalue weighted by Crippen LogP contribution is 2.09. The van der Waals surface area contributed by atoms with E-state index in [0.717, 1.165) is 0 Å². The van der Waals surface area contributed by atoms with Gasteiger partial charge in [-0.25, -0.2) is 0 Å². The summed E-state index contributed by atoms with van der Waals surface area (Å²) in [5.41, 5.74) is 4.36. The SMILES string of the molecule is CC(C)(C)OC(=O)CC(O)C(N)O. The Bertz CT molecular complexity index is 173. The van der Waals surface area contributed by atoms with Crippen molar-refractivity contribution in [2.24, 2.45) is 5.73 Å². The Balaban J connectivity index is 3.89. The van der Waals surface area contributed by atoms with Crippen molar-refractivity contribution in [3.8, 4) is 0 Å². The number of ether oxygens (including phenoxy) is 1. The first-order chi connectivity index (χ1) is 5.72. The van der Waals surface area contributed by atoms with Gasteiger partial charge < -0.3 is 20.7 Å². The molecule has 0 rings (SSSR count). The number of carbonyl (C=O) groups excluding carboxylic acids is 1. The van der Waals surface area contributed by atoms with Crippen LogP contribution >= 0.6 is 0 Å². The van der Waals surface area contributed by atoms with Crippen LogP contribution in [0.2, 0.25) is 0 Å². The molecule has 0 amide bonds. The average molecular weight is 191 g/mol. The van der Waals surface area contributed by atoms with Crippen molar-refractivity contribution in [3.63, 3.8) is 0 Å². The predicted octanol–water partition coefficient (Wildman–Crippen LogP) is -0.644. The summed E-state index contributed by atoms with van der Waals surface area (Å²) in [4.78, 5) is 11.0. The van der Waals surface area contributed by atoms with Gasteiger partial charge in [0.05, 0.1) is 6.42 Å². The molecule has 78 valence electrons. The fraction of sp³-hybridized carbons (Fsp3) is 0.875. The molecule has 13 heavy (non-hydrogen) atoms. The van der Waals surface area contributed by atoms with E-state index in [1.807, 2.05) is 0 Å². The molecule has 0 radical (unpaired) electrons. The molecule has 0 saturated heterocycles. The average Bonchev–Trinajstić information content (AvgIpc) is 1.81. The molecule has 5 heteroatoms. The van der Waals surface area contributed by atoms with Crippen LogP contribution < -0.4 is 5.73 Å². The summed E-state index contributed by atoms with van der Waals surface area (Å²) in [6.07, 6.45) is -2.98. The first-order valence-corrected chi connectivity index (χ1v) is 4.06. The molecular weight excluding hydrogens is 174 g/mol. The number of hydrogen-bond donors (Lipinski definition) is 3. The van der Waals surface area contributed by atoms with Crippen molar-refractivity contribution < 1.29 is 19.7 Å². The zero-order valence-corrected chi connectivity index (χ0v) is 8.15. The van der Waals surface area contributed by atoms with Crippen LogP contribution in [0.3, 0.4) is 0 Å². The molecular formula is C8H17NO4. The van der Waals surface area contributed by atoms with Crippen molar-refractivity contribution in [1.82, 2.24) is 0 Å². The number of carbonyl (C=O) groups is 1. The van der Waals surface area contributed by atoms with Crippen molar-refractivity contribution in [1.29, 1.82) is 0 Å². The number of nitrogens with two attached hydrogens (primary N) is 1. The van der Waals surface area contributed by atoms with E-state index in [2.05, 4.69) is 0 Å². The smallest absolute Gasteiger partial charge is 0.309 e. The molecule has 0 aliphatic heterocycles. The zero-order chi connectivity index (χ0) is 10.6. The Morgan fingerprint density at radius 1 is 1.46 bits per heavy atom. The van der Waals surface area contributed by atoms with E-state index in [4.69, 9.17) is 20.7 Å². The van der Waals surface area contributed by atoms with Crippen LogP contribution in [0.1, 0.15) is 27.2 Å². The largest absolute Gasteiger partial charge is 0.460 e. The molecule has 0 aromatic heterocycles. The second-order valence-corrected chi connectivity index (χ2v) is 3.85. The lowest BCUT2D eigenvalue weighted by molar-refractivity contribution is -0.158. The molecule has 0 aromatic carbocycles. The lowest BCUT2D eigenvalue weighted by atomic mass is 10.2. The number of esters is 1. The molecule has 0 aliphatic carbocycles. The maximum atomic E-state index is 11.0. The van der Waals surface area contributed by atoms with E-state index in [-0.39, 0.29) is 6.42 Å². The van der Waals surface area contributed by atoms with Gasteiger partial charge in [0.2, 0.25) is 0 Å². The summed E-state index contributed by atoms with van der Waals surface area (Å²) in [6, 6.07) is 0. The standard InChI is InChI=1S/C8H17NO4/c1-8(2,3)13-6(11)4-5(10)7(9)12/h5,7,10,12H,4,9H2,1-3H3. The Morgan fingerprint density at radius 2 is 1.92 bits per heavy atom. The summed E-state index contributed by atoms with van der Waals surface area (Å²) in [7, 11) is 0. The normalized spacial score (nSPS) is 16.5. The van der Waals surface area contributed by atoms with E-state index < -0.39 is 23.9 Å². The maximum absolute atomic E-state index is 11.0. The minimum absolute atomic E-state index is 0.297. The van der Waals surface area contributed by atoms with Crippen molar-refractivity contribution in [3.05, 3.63) is 0 Å². The molecule has 0 heterocycles. The molecule has 0 spiro atoms. The molecule has 0 aliphatic rings. The second-order valence-electron chi connectivity index (χ2n) is 3.85. The number of aliphatic hydroxyl groups excluding tert-OH is 2. The van der Waals surface area contributed by atoms with E-state index in [1.54, 1.807) is 20.8 Å². The van der Waals surface area contributed by atoms with Crippen LogP contribution in [-0.2, 0) is 9.53 Å². The molecule has 2 unspecified atom stereocenters. The monoisotopic (exact) mass is 191 g/mol. The fourth-order valence-electron chi connectivity index (χ4n) is 0.675. The van der Waals surface area contributed by atoms with Gasteiger partial charge in [-0.2, -0.15) is 0 Å². The maximum Gasteiger partial charge on any atom is 0.309 e. The van der Waals surface area contributed by atoms with Gasteiger partial charge in [-0.3, -0.25) is 4.79 Å². The van der Waals surface area contributed by atoms with Crippen molar-refractivity contribution in [2.45, 2.75) is 45.1 Å². The van der Waals surface area contributed by atoms with Gasteiger partial charge in [-0.1, -0.05) is 0 Å². The minimum Gasteiger partial charge on any atom is -0.460 e. The van der Waals surface area contributed by atoms with Gasteiger partial charge in [0, 0.05) is 0 Å². The van der Waals surface area contributed by atoms with Crippen molar-refractivity contribution >= 4 is 5.97 Å². The molecule has 0 fully saturated rings. The quantitative estimate of drug-likeness (QED) is 0.407. The number of rotatable bonds is 3. The van der Waals surface area contributed by atoms with Gasteiger partial charge >= 0.3 is 5.97 Å². The first kappa shape index (κ1) is 12.3. The van der Waals surface area contributed by atoms with Crippen LogP contribution in [0.25, 0.3) is 0 Å². The van der Waals surface area contributed by atoms with Crippen LogP contribution in [0.5, 0.6) is 0 Å². The Kier molecular flexibility index (Phi) is 4.32. The van der Waals surface area contributed by atoms with Crippen LogP contribution in [0.4, 0.5) is 0 Å². The van der Waals surface area contributed by atoms with Crippen LogP contribution in [-0.4, -0.2) is 34.1 Å². The number of aliphatic hydroxyl groups is 2. The third-order valence-electron chi connectivity index (χ3n) is 1.19. The highest BCUT2D eigenvalue weighted by atomic mass is 16.6. The molecule has 4 N–H and O–H groups in total. The summed E-state index contributed by atoms with van der Waals surface area (Å²) in [6.45, 7) is 5.16. The first-order valence-electron chi connectivity index (χ1n) is 4.06. The lowest BCUT2D eigenvalue weighted by Crippen LogP contribution is -2.37. The van der Waals surface area contributed by atoms with Crippen molar-refractivity contribution in [2.75, 3.05) is 0 Å². The summed E-state index contributed by atoms with van der Waals surface area (Å²) in [5.74, 6) is -0.579. The van der Waals surface area contributed by atoms with E-state index >= 15 is 0 Å². The molecule has 2 atom stereocenters. The predicted molar refractivity (Wildman–Crippen MR) is 46.7 cm³/mol. The minimum atomic E-state index is -1.41. The molecule has 0 bridgehead atoms. The fourth-order valence-corrected chi connectivity index (χ4v) is 0.675. The van der Waals surface area contributed by atoms with Gasteiger partial charge in [-0.05, 0) is 20.8 Å². The Morgan fingerprint density at radius 3 is 2.23 bits per heavy atom. The van der Waals surface area contributed by atoms with E-state index in [9.17, 15) is 4.79 Å². The second kappa shape index (κ2) is 4.55. The molecule has 0 saturated carbocycles. The third kappa shape index (κ3) is 6.51. The van der Waals surface area contributed by atoms with Gasteiger partial charge in [-0.15, -0.1) is 0 Å². The Labute approximate surface area is 77.5 Å². The summed E-state index contributed by atoms with van der Waals surface area (Å²) >= 11 is 0. The Hall–Kier alpha value is -0.650. The topological polar surface area (TPSA) is 92.8 Å². The lowest BCUT2D eigenvalue weighted by Gasteiger charge is -2.21.